The molecule has 0 aliphatic carbocycles. The second kappa shape index (κ2) is 5.58. The predicted molar refractivity (Wildman–Crippen MR) is 88.8 cm³/mol. The van der Waals surface area contributed by atoms with E-state index in [1.54, 1.807) is 12.1 Å². The molecular formula is C17H17N5O3. The molecule has 3 heterocycles. The molecule has 2 saturated heterocycles. The molecule has 1 aromatic rings. The Kier molecular flexibility index (Phi) is 3.49. The third-order valence-corrected chi connectivity index (χ3v) is 4.80. The Labute approximate surface area is 144 Å². The lowest BCUT2D eigenvalue weighted by Crippen LogP contribution is -2.52. The molecule has 0 bridgehead atoms. The van der Waals surface area contributed by atoms with Gasteiger partial charge >= 0.3 is 0 Å². The van der Waals surface area contributed by atoms with Gasteiger partial charge in [-0.25, -0.2) is 10.9 Å². The average molecular weight is 339 g/mol. The summed E-state index contributed by atoms with van der Waals surface area (Å²) in [5.41, 5.74) is 7.47. The number of carbonyl (C=O) groups is 3. The summed E-state index contributed by atoms with van der Waals surface area (Å²) < 4.78 is 0. The minimum Gasteiger partial charge on any atom is -0.380 e. The molecule has 1 unspecified atom stereocenters. The van der Waals surface area contributed by atoms with Gasteiger partial charge in [-0.15, -0.1) is 6.42 Å². The molecule has 2 fully saturated rings. The molecular weight excluding hydrogens is 322 g/mol. The number of nitrogens with one attached hydrogen (secondary N) is 4. The number of hydrogen-bond acceptors (Lipinski definition) is 6. The van der Waals surface area contributed by atoms with Crippen LogP contribution in [0.5, 0.6) is 0 Å². The fourth-order valence-corrected chi connectivity index (χ4v) is 3.27. The van der Waals surface area contributed by atoms with Crippen LogP contribution in [-0.2, 0) is 16.1 Å². The zero-order chi connectivity index (χ0) is 17.6. The number of anilines is 1. The molecule has 25 heavy (non-hydrogen) atoms. The van der Waals surface area contributed by atoms with Crippen molar-refractivity contribution in [3.8, 4) is 12.3 Å². The molecule has 128 valence electrons. The Balaban J connectivity index is 1.55. The number of nitrogens with zero attached hydrogens (tertiary/aromatic N) is 1. The summed E-state index contributed by atoms with van der Waals surface area (Å²) in [4.78, 5) is 37.7. The van der Waals surface area contributed by atoms with Crippen LogP contribution in [0.1, 0.15) is 28.8 Å². The average Bonchev–Trinajstić information content (AvgIpc) is 3.31. The van der Waals surface area contributed by atoms with Crippen LogP contribution in [0.4, 0.5) is 5.69 Å². The maximum absolute atomic E-state index is 12.7. The summed E-state index contributed by atoms with van der Waals surface area (Å²) in [7, 11) is 0. The molecule has 4 N–H and O–H groups in total. The highest BCUT2D eigenvalue weighted by Gasteiger charge is 2.42. The van der Waals surface area contributed by atoms with Gasteiger partial charge in [-0.3, -0.25) is 19.7 Å². The Morgan fingerprint density at radius 3 is 2.80 bits per heavy atom. The van der Waals surface area contributed by atoms with Crippen molar-refractivity contribution in [2.75, 3.05) is 11.9 Å². The number of piperidine rings is 1. The highest BCUT2D eigenvalue weighted by molar-refractivity contribution is 6.06. The zero-order valence-electron chi connectivity index (χ0n) is 13.4. The molecule has 1 atom stereocenters. The highest BCUT2D eigenvalue weighted by atomic mass is 16.2. The van der Waals surface area contributed by atoms with E-state index in [1.807, 2.05) is 6.07 Å². The van der Waals surface area contributed by atoms with E-state index in [4.69, 9.17) is 6.42 Å². The van der Waals surface area contributed by atoms with Gasteiger partial charge in [0.15, 0.2) is 5.66 Å². The second-order valence-corrected chi connectivity index (χ2v) is 6.38. The molecule has 0 saturated carbocycles. The van der Waals surface area contributed by atoms with Crippen molar-refractivity contribution in [3.05, 3.63) is 29.3 Å². The molecule has 3 aliphatic heterocycles. The largest absolute Gasteiger partial charge is 0.380 e. The maximum Gasteiger partial charge on any atom is 0.255 e. The minimum atomic E-state index is -0.616. The number of amides is 3. The van der Waals surface area contributed by atoms with E-state index in [9.17, 15) is 14.4 Å². The summed E-state index contributed by atoms with van der Waals surface area (Å²) in [5.74, 6) is 1.72. The number of terminal acetylenes is 1. The van der Waals surface area contributed by atoms with Crippen LogP contribution in [0.25, 0.3) is 0 Å². The van der Waals surface area contributed by atoms with Crippen molar-refractivity contribution in [2.24, 2.45) is 0 Å². The maximum atomic E-state index is 12.7. The first-order valence-corrected chi connectivity index (χ1v) is 8.05. The molecule has 0 aromatic heterocycles. The number of rotatable bonds is 4. The summed E-state index contributed by atoms with van der Waals surface area (Å²) in [6.07, 6.45) is 6.05. The van der Waals surface area contributed by atoms with Crippen molar-refractivity contribution in [1.82, 2.24) is 21.1 Å². The van der Waals surface area contributed by atoms with E-state index in [-0.39, 0.29) is 18.2 Å². The van der Waals surface area contributed by atoms with Gasteiger partial charge in [-0.05, 0) is 18.6 Å². The van der Waals surface area contributed by atoms with E-state index in [0.29, 0.717) is 25.1 Å². The van der Waals surface area contributed by atoms with Crippen molar-refractivity contribution in [1.29, 1.82) is 0 Å². The zero-order valence-corrected chi connectivity index (χ0v) is 13.4. The van der Waals surface area contributed by atoms with Gasteiger partial charge in [0.1, 0.15) is 6.04 Å². The number of hydrazine groups is 1. The fourth-order valence-electron chi connectivity index (χ4n) is 3.27. The van der Waals surface area contributed by atoms with E-state index in [1.165, 1.54) is 4.90 Å². The van der Waals surface area contributed by atoms with Crippen molar-refractivity contribution in [3.63, 3.8) is 0 Å². The van der Waals surface area contributed by atoms with E-state index < -0.39 is 17.6 Å². The van der Waals surface area contributed by atoms with Crippen molar-refractivity contribution in [2.45, 2.75) is 31.1 Å². The molecule has 8 heteroatoms. The van der Waals surface area contributed by atoms with Crippen LogP contribution in [0.15, 0.2) is 18.2 Å². The van der Waals surface area contributed by atoms with Crippen LogP contribution in [-0.4, -0.2) is 40.9 Å². The summed E-state index contributed by atoms with van der Waals surface area (Å²) in [5, 5.41) is 5.56. The Morgan fingerprint density at radius 1 is 1.32 bits per heavy atom. The van der Waals surface area contributed by atoms with E-state index in [0.717, 1.165) is 11.3 Å². The summed E-state index contributed by atoms with van der Waals surface area (Å²) in [6, 6.07) is 4.81. The van der Waals surface area contributed by atoms with Gasteiger partial charge in [0.25, 0.3) is 5.91 Å². The first-order valence-electron chi connectivity index (χ1n) is 8.05. The first-order chi connectivity index (χ1) is 12.0. The third-order valence-electron chi connectivity index (χ3n) is 4.80. The van der Waals surface area contributed by atoms with E-state index >= 15 is 0 Å². The van der Waals surface area contributed by atoms with Gasteiger partial charge in [0.05, 0.1) is 6.54 Å². The summed E-state index contributed by atoms with van der Waals surface area (Å²) in [6.45, 7) is 0.792. The third kappa shape index (κ3) is 2.63. The van der Waals surface area contributed by atoms with Crippen LogP contribution in [0.2, 0.25) is 0 Å². The number of fused-ring (bicyclic) bond motifs is 1. The van der Waals surface area contributed by atoms with Crippen LogP contribution in [0.3, 0.4) is 0 Å². The van der Waals surface area contributed by atoms with Crippen LogP contribution < -0.4 is 21.5 Å². The number of benzene rings is 1. The monoisotopic (exact) mass is 339 g/mol. The van der Waals surface area contributed by atoms with Gasteiger partial charge in [-0.2, -0.15) is 0 Å². The second-order valence-electron chi connectivity index (χ2n) is 6.38. The predicted octanol–water partition coefficient (Wildman–Crippen LogP) is -0.703. The first kappa shape index (κ1) is 15.6. The molecule has 4 rings (SSSR count). The molecule has 8 nitrogen and oxygen atoms in total. The molecule has 1 aromatic carbocycles. The Morgan fingerprint density at radius 2 is 2.12 bits per heavy atom. The number of carbonyl (C=O) groups excluding carboxylic acids is 3. The number of imide groups is 1. The van der Waals surface area contributed by atoms with E-state index in [2.05, 4.69) is 27.4 Å². The Hall–Kier alpha value is -2.89. The van der Waals surface area contributed by atoms with Gasteiger partial charge in [-0.1, -0.05) is 12.0 Å². The lowest BCUT2D eigenvalue weighted by Gasteiger charge is -2.29. The van der Waals surface area contributed by atoms with Gasteiger partial charge in [0, 0.05) is 29.8 Å². The topological polar surface area (TPSA) is 122 Å². The molecule has 0 spiro atoms. The van der Waals surface area contributed by atoms with Crippen LogP contribution in [0, 0.1) is 12.3 Å². The fraction of sp³-hybridized carbons (Fsp3) is 0.353. The SMILES string of the molecule is C#CC1(CNc2cccc3c2CN(C2CCC(=O)NC2=O)C3=O)NN1. The smallest absolute Gasteiger partial charge is 0.255 e. The quantitative estimate of drug-likeness (QED) is 0.327. The van der Waals surface area contributed by atoms with Gasteiger partial charge < -0.3 is 10.2 Å². The van der Waals surface area contributed by atoms with Crippen molar-refractivity contribution < 1.29 is 14.4 Å². The Bertz CT molecular complexity index is 824. The lowest BCUT2D eigenvalue weighted by molar-refractivity contribution is -0.136. The van der Waals surface area contributed by atoms with Crippen molar-refractivity contribution >= 4 is 23.4 Å². The van der Waals surface area contributed by atoms with Gasteiger partial charge in [0.2, 0.25) is 11.8 Å². The lowest BCUT2D eigenvalue weighted by atomic mass is 10.0. The molecule has 3 aliphatic rings. The standard InChI is InChI=1S/C17H17N5O3/c1-2-17(20-21-17)9-18-12-5-3-4-10-11(12)8-22(16(10)25)13-6-7-14(23)19-15(13)24/h1,3-5,13,18,20-21H,6-9H2,(H,19,23,24). The minimum absolute atomic E-state index is 0.192. The van der Waals surface area contributed by atoms with Crippen LogP contribution >= 0.6 is 0 Å². The molecule has 3 amide bonds. The normalized spacial score (nSPS) is 23.7. The number of hydrogen-bond donors (Lipinski definition) is 4. The summed E-state index contributed by atoms with van der Waals surface area (Å²) >= 11 is 0. The highest BCUT2D eigenvalue weighted by Crippen LogP contribution is 2.32. The molecule has 0 radical (unpaired) electrons.